The number of amides is 1. The van der Waals surface area contributed by atoms with Crippen molar-refractivity contribution in [1.82, 2.24) is 0 Å². The summed E-state index contributed by atoms with van der Waals surface area (Å²) in [4.78, 5) is 42.4. The van der Waals surface area contributed by atoms with Crippen molar-refractivity contribution in [1.29, 1.82) is 5.26 Å². The van der Waals surface area contributed by atoms with Crippen LogP contribution in [-0.4, -0.2) is 31.0 Å². The van der Waals surface area contributed by atoms with E-state index in [0.717, 1.165) is 5.56 Å². The van der Waals surface area contributed by atoms with Crippen molar-refractivity contribution in [3.63, 3.8) is 0 Å². The minimum Gasteiger partial charge on any atom is -0.462 e. The highest BCUT2D eigenvalue weighted by Crippen LogP contribution is 2.55. The predicted molar refractivity (Wildman–Crippen MR) is 145 cm³/mol. The van der Waals surface area contributed by atoms with E-state index < -0.39 is 29.8 Å². The Morgan fingerprint density at radius 1 is 0.975 bits per heavy atom. The molecular weight excluding hydrogens is 510 g/mol. The molecule has 1 amide bonds. The maximum absolute atomic E-state index is 14.5. The van der Waals surface area contributed by atoms with E-state index in [0.29, 0.717) is 16.8 Å². The molecule has 0 bridgehead atoms. The minimum atomic E-state index is -2.01. The first-order chi connectivity index (χ1) is 19.4. The van der Waals surface area contributed by atoms with E-state index in [2.05, 4.69) is 0 Å². The molecule has 0 saturated carbocycles. The van der Waals surface area contributed by atoms with Crippen LogP contribution >= 0.6 is 0 Å². The molecule has 2 aliphatic rings. The van der Waals surface area contributed by atoms with E-state index in [-0.39, 0.29) is 36.0 Å². The number of benzene rings is 3. The van der Waals surface area contributed by atoms with Crippen LogP contribution in [0.5, 0.6) is 0 Å². The van der Waals surface area contributed by atoms with Crippen molar-refractivity contribution >= 4 is 29.3 Å². The van der Waals surface area contributed by atoms with Crippen molar-refractivity contribution < 1.29 is 28.6 Å². The standard InChI is InChI=1S/C31H25N3O6/c1-2-38-29(36)26-27(21-13-7-4-8-14-21)40-28(33)23(17-32)31(26)22-15-9-10-16-24(22)34(30(31)37)18-25(35)39-19-20-11-5-3-6-12-20/h3-16H,2,18-19,33H2,1H3. The molecule has 1 atom stereocenters. The summed E-state index contributed by atoms with van der Waals surface area (Å²) in [6.07, 6.45) is 0. The molecule has 0 radical (unpaired) electrons. The van der Waals surface area contributed by atoms with Gasteiger partial charge >= 0.3 is 11.9 Å². The van der Waals surface area contributed by atoms with Gasteiger partial charge in [0.25, 0.3) is 0 Å². The number of fused-ring (bicyclic) bond motifs is 2. The van der Waals surface area contributed by atoms with E-state index >= 15 is 0 Å². The summed E-state index contributed by atoms with van der Waals surface area (Å²) in [6.45, 7) is 1.20. The van der Waals surface area contributed by atoms with E-state index in [1.165, 1.54) is 4.90 Å². The number of hydrogen-bond acceptors (Lipinski definition) is 8. The van der Waals surface area contributed by atoms with Crippen LogP contribution in [0.25, 0.3) is 5.76 Å². The van der Waals surface area contributed by atoms with Crippen LogP contribution in [0.3, 0.4) is 0 Å². The van der Waals surface area contributed by atoms with Gasteiger partial charge in [-0.2, -0.15) is 5.26 Å². The molecule has 3 aromatic rings. The topological polar surface area (TPSA) is 132 Å². The Bertz CT molecular complexity index is 1590. The van der Waals surface area contributed by atoms with E-state index in [4.69, 9.17) is 19.9 Å². The van der Waals surface area contributed by atoms with Crippen molar-refractivity contribution in [3.8, 4) is 6.07 Å². The van der Waals surface area contributed by atoms with Crippen LogP contribution in [0.1, 0.15) is 23.6 Å². The lowest BCUT2D eigenvalue weighted by Crippen LogP contribution is -2.49. The summed E-state index contributed by atoms with van der Waals surface area (Å²) in [6, 6.07) is 26.4. The normalized spacial score (nSPS) is 17.8. The Morgan fingerprint density at radius 3 is 2.30 bits per heavy atom. The molecule has 9 heteroatoms. The van der Waals surface area contributed by atoms with E-state index in [1.807, 2.05) is 36.4 Å². The quantitative estimate of drug-likeness (QED) is 0.453. The highest BCUT2D eigenvalue weighted by molar-refractivity contribution is 6.21. The number of ether oxygens (including phenoxy) is 3. The summed E-state index contributed by atoms with van der Waals surface area (Å²) >= 11 is 0. The molecule has 0 aliphatic carbocycles. The number of nitrogens with zero attached hydrogens (tertiary/aromatic N) is 2. The number of nitriles is 1. The number of nitrogens with two attached hydrogens (primary N) is 1. The molecule has 2 heterocycles. The maximum Gasteiger partial charge on any atom is 0.339 e. The molecule has 1 unspecified atom stereocenters. The first-order valence-electron chi connectivity index (χ1n) is 12.6. The zero-order valence-electron chi connectivity index (χ0n) is 21.6. The lowest BCUT2D eigenvalue weighted by Gasteiger charge is -2.35. The van der Waals surface area contributed by atoms with Gasteiger partial charge in [-0.3, -0.25) is 14.5 Å². The van der Waals surface area contributed by atoms with Crippen LogP contribution in [0, 0.1) is 11.3 Å². The van der Waals surface area contributed by atoms with Crippen LogP contribution in [0.15, 0.2) is 102 Å². The van der Waals surface area contributed by atoms with Crippen LogP contribution in [-0.2, 0) is 40.6 Å². The van der Waals surface area contributed by atoms with Gasteiger partial charge < -0.3 is 19.9 Å². The second-order valence-electron chi connectivity index (χ2n) is 9.05. The number of hydrogen-bond donors (Lipinski definition) is 1. The predicted octanol–water partition coefficient (Wildman–Crippen LogP) is 3.71. The average molecular weight is 536 g/mol. The molecule has 2 aliphatic heterocycles. The molecule has 40 heavy (non-hydrogen) atoms. The Kier molecular flexibility index (Phi) is 7.08. The van der Waals surface area contributed by atoms with Crippen LogP contribution in [0.4, 0.5) is 5.69 Å². The summed E-state index contributed by atoms with van der Waals surface area (Å²) in [5, 5.41) is 10.3. The second kappa shape index (κ2) is 10.8. The highest BCUT2D eigenvalue weighted by atomic mass is 16.5. The van der Waals surface area contributed by atoms with Gasteiger partial charge in [-0.1, -0.05) is 78.9 Å². The Morgan fingerprint density at radius 2 is 1.62 bits per heavy atom. The molecular formula is C31H25N3O6. The minimum absolute atomic E-state index is 0.00687. The first kappa shape index (κ1) is 26.3. The number of anilines is 1. The van der Waals surface area contributed by atoms with Crippen molar-refractivity contribution in [3.05, 3.63) is 119 Å². The molecule has 9 nitrogen and oxygen atoms in total. The van der Waals surface area contributed by atoms with Crippen molar-refractivity contribution in [2.75, 3.05) is 18.1 Å². The Labute approximate surface area is 230 Å². The molecule has 3 aromatic carbocycles. The molecule has 0 fully saturated rings. The summed E-state index contributed by atoms with van der Waals surface area (Å²) < 4.78 is 16.7. The number of rotatable bonds is 7. The average Bonchev–Trinajstić information content (AvgIpc) is 3.20. The highest BCUT2D eigenvalue weighted by Gasteiger charge is 2.62. The smallest absolute Gasteiger partial charge is 0.339 e. The maximum atomic E-state index is 14.5. The van der Waals surface area contributed by atoms with Crippen LogP contribution in [0.2, 0.25) is 0 Å². The monoisotopic (exact) mass is 535 g/mol. The number of carbonyl (C=O) groups excluding carboxylic acids is 3. The van der Waals surface area contributed by atoms with Gasteiger partial charge in [0, 0.05) is 16.8 Å². The fourth-order valence-electron chi connectivity index (χ4n) is 5.08. The largest absolute Gasteiger partial charge is 0.462 e. The molecule has 2 N–H and O–H groups in total. The third-order valence-corrected chi connectivity index (χ3v) is 6.76. The van der Waals surface area contributed by atoms with Gasteiger partial charge in [-0.05, 0) is 18.6 Å². The summed E-state index contributed by atoms with van der Waals surface area (Å²) in [5.74, 6) is -2.57. The summed E-state index contributed by atoms with van der Waals surface area (Å²) in [7, 11) is 0. The zero-order valence-corrected chi connectivity index (χ0v) is 21.6. The van der Waals surface area contributed by atoms with Gasteiger partial charge in [0.05, 0.1) is 6.61 Å². The molecule has 200 valence electrons. The number of esters is 2. The van der Waals surface area contributed by atoms with E-state index in [1.54, 1.807) is 61.5 Å². The lowest BCUT2D eigenvalue weighted by atomic mass is 9.67. The van der Waals surface area contributed by atoms with Gasteiger partial charge in [0.15, 0.2) is 5.41 Å². The molecule has 1 spiro atoms. The second-order valence-corrected chi connectivity index (χ2v) is 9.05. The Balaban J connectivity index is 1.66. The number of para-hydroxylation sites is 1. The third-order valence-electron chi connectivity index (χ3n) is 6.76. The number of carbonyl (C=O) groups is 3. The van der Waals surface area contributed by atoms with Gasteiger partial charge in [0.1, 0.15) is 36.1 Å². The summed E-state index contributed by atoms with van der Waals surface area (Å²) in [5.41, 5.74) is 5.68. The fraction of sp³-hybridized carbons (Fsp3) is 0.161. The molecule has 0 aromatic heterocycles. The van der Waals surface area contributed by atoms with Crippen LogP contribution < -0.4 is 10.6 Å². The fourth-order valence-corrected chi connectivity index (χ4v) is 5.08. The van der Waals surface area contributed by atoms with Crippen molar-refractivity contribution in [2.45, 2.75) is 18.9 Å². The van der Waals surface area contributed by atoms with Gasteiger partial charge in [0.2, 0.25) is 11.8 Å². The molecule has 5 rings (SSSR count). The third kappa shape index (κ3) is 4.25. The Hall–Kier alpha value is -5.36. The van der Waals surface area contributed by atoms with Gasteiger partial charge in [-0.25, -0.2) is 4.79 Å². The zero-order chi connectivity index (χ0) is 28.3. The SMILES string of the molecule is CCOC(=O)C1=C(c2ccccc2)OC(N)=C(C#N)C12C(=O)N(CC(=O)OCc1ccccc1)c1ccccc12. The van der Waals surface area contributed by atoms with Crippen molar-refractivity contribution in [2.24, 2.45) is 5.73 Å². The lowest BCUT2D eigenvalue weighted by molar-refractivity contribution is -0.144. The first-order valence-corrected chi connectivity index (χ1v) is 12.6. The van der Waals surface area contributed by atoms with E-state index in [9.17, 15) is 19.6 Å². The molecule has 0 saturated heterocycles. The van der Waals surface area contributed by atoms with Gasteiger partial charge in [-0.15, -0.1) is 0 Å².